The van der Waals surface area contributed by atoms with Crippen molar-refractivity contribution in [3.05, 3.63) is 17.7 Å². The number of nitrogens with one attached hydrogen (secondary N) is 1. The van der Waals surface area contributed by atoms with Crippen LogP contribution >= 0.6 is 0 Å². The maximum atomic E-state index is 12.6. The van der Waals surface area contributed by atoms with Crippen LogP contribution in [0.25, 0.3) is 0 Å². The van der Waals surface area contributed by atoms with Crippen LogP contribution < -0.4 is 19.7 Å². The molecule has 8 nitrogen and oxygen atoms in total. The van der Waals surface area contributed by atoms with E-state index in [1.54, 1.807) is 24.0 Å². The number of rotatable bonds is 6. The molecule has 1 heterocycles. The van der Waals surface area contributed by atoms with Gasteiger partial charge in [-0.25, -0.2) is 4.79 Å². The highest BCUT2D eigenvalue weighted by Gasteiger charge is 2.38. The predicted octanol–water partition coefficient (Wildman–Crippen LogP) is 2.26. The van der Waals surface area contributed by atoms with Gasteiger partial charge < -0.3 is 24.3 Å². The maximum Gasteiger partial charge on any atom is 0.414 e. The fourth-order valence-electron chi connectivity index (χ4n) is 3.17. The van der Waals surface area contributed by atoms with Crippen molar-refractivity contribution in [2.75, 3.05) is 39.6 Å². The topological polar surface area (TPSA) is 86.3 Å². The molecule has 0 saturated carbocycles. The molecule has 144 valence electrons. The molecule has 1 aliphatic heterocycles. The molecule has 0 saturated heterocycles. The smallest absolute Gasteiger partial charge is 0.414 e. The average Bonchev–Trinajstić information content (AvgIpc) is 2.64. The van der Waals surface area contributed by atoms with E-state index in [1.165, 1.54) is 21.3 Å². The molecular formula is C18H26N2O6. The van der Waals surface area contributed by atoms with Gasteiger partial charge >= 0.3 is 6.09 Å². The zero-order valence-corrected chi connectivity index (χ0v) is 15.8. The molecule has 0 spiro atoms. The first-order chi connectivity index (χ1) is 12.5. The SMILES string of the molecule is CCOC(=O)N1c2cc(OC)c(OC)cc2C(C(=O)NCOC)CC1C. The molecule has 8 heteroatoms. The normalized spacial score (nSPS) is 18.7. The lowest BCUT2D eigenvalue weighted by Gasteiger charge is -2.38. The van der Waals surface area contributed by atoms with Crippen molar-refractivity contribution in [1.29, 1.82) is 0 Å². The van der Waals surface area contributed by atoms with Gasteiger partial charge in [-0.3, -0.25) is 9.69 Å². The van der Waals surface area contributed by atoms with Gasteiger partial charge in [-0.1, -0.05) is 0 Å². The fraction of sp³-hybridized carbons (Fsp3) is 0.556. The Kier molecular flexibility index (Phi) is 6.68. The number of hydrogen-bond donors (Lipinski definition) is 1. The molecule has 2 rings (SSSR count). The first-order valence-electron chi connectivity index (χ1n) is 8.46. The maximum absolute atomic E-state index is 12.6. The minimum absolute atomic E-state index is 0.119. The van der Waals surface area contributed by atoms with Crippen LogP contribution in [0.5, 0.6) is 11.5 Å². The summed E-state index contributed by atoms with van der Waals surface area (Å²) in [4.78, 5) is 26.7. The Labute approximate surface area is 153 Å². The number of benzene rings is 1. The summed E-state index contributed by atoms with van der Waals surface area (Å²) in [5.74, 6) is 0.358. The van der Waals surface area contributed by atoms with Gasteiger partial charge in [0.2, 0.25) is 5.91 Å². The van der Waals surface area contributed by atoms with Gasteiger partial charge in [0, 0.05) is 19.2 Å². The molecule has 0 bridgehead atoms. The van der Waals surface area contributed by atoms with E-state index < -0.39 is 12.0 Å². The van der Waals surface area contributed by atoms with Crippen molar-refractivity contribution < 1.29 is 28.5 Å². The van der Waals surface area contributed by atoms with Crippen LogP contribution in [0.4, 0.5) is 10.5 Å². The van der Waals surface area contributed by atoms with Gasteiger partial charge in [0.1, 0.15) is 6.73 Å². The lowest BCUT2D eigenvalue weighted by molar-refractivity contribution is -0.124. The summed E-state index contributed by atoms with van der Waals surface area (Å²) in [5.41, 5.74) is 1.26. The van der Waals surface area contributed by atoms with E-state index >= 15 is 0 Å². The molecule has 0 aromatic heterocycles. The molecule has 0 fully saturated rings. The van der Waals surface area contributed by atoms with Gasteiger partial charge in [-0.15, -0.1) is 0 Å². The summed E-state index contributed by atoms with van der Waals surface area (Å²) in [6.45, 7) is 4.02. The lowest BCUT2D eigenvalue weighted by Crippen LogP contribution is -2.46. The first kappa shape index (κ1) is 19.8. The standard InChI is InChI=1S/C18H26N2O6/c1-6-26-18(22)20-11(2)7-13(17(21)19-10-23-3)12-8-15(24-4)16(25-5)9-14(12)20/h8-9,11,13H,6-7,10H2,1-5H3,(H,19,21). The van der Waals surface area contributed by atoms with E-state index in [0.29, 0.717) is 29.2 Å². The molecule has 2 amide bonds. The van der Waals surface area contributed by atoms with Crippen LogP contribution in [0.1, 0.15) is 31.7 Å². The van der Waals surface area contributed by atoms with Crippen molar-refractivity contribution in [2.24, 2.45) is 0 Å². The third kappa shape index (κ3) is 3.85. The molecule has 1 aromatic rings. The van der Waals surface area contributed by atoms with E-state index in [4.69, 9.17) is 18.9 Å². The summed E-state index contributed by atoms with van der Waals surface area (Å²) in [6, 6.07) is 3.22. The summed E-state index contributed by atoms with van der Waals surface area (Å²) < 4.78 is 20.9. The van der Waals surface area contributed by atoms with Crippen LogP contribution in [0.3, 0.4) is 0 Å². The van der Waals surface area contributed by atoms with Crippen molar-refractivity contribution in [1.82, 2.24) is 5.32 Å². The van der Waals surface area contributed by atoms with Crippen LogP contribution in [0.15, 0.2) is 12.1 Å². The molecular weight excluding hydrogens is 340 g/mol. The summed E-state index contributed by atoms with van der Waals surface area (Å²) in [7, 11) is 4.56. The van der Waals surface area contributed by atoms with E-state index in [-0.39, 0.29) is 25.3 Å². The Morgan fingerprint density at radius 1 is 1.19 bits per heavy atom. The number of fused-ring (bicyclic) bond motifs is 1. The van der Waals surface area contributed by atoms with Gasteiger partial charge in [0.15, 0.2) is 11.5 Å². The van der Waals surface area contributed by atoms with Gasteiger partial charge in [-0.2, -0.15) is 0 Å². The van der Waals surface area contributed by atoms with Crippen molar-refractivity contribution in [3.63, 3.8) is 0 Å². The highest BCUT2D eigenvalue weighted by molar-refractivity contribution is 5.95. The monoisotopic (exact) mass is 366 g/mol. The number of hydrogen-bond acceptors (Lipinski definition) is 6. The molecule has 1 aliphatic rings. The fourth-order valence-corrected chi connectivity index (χ4v) is 3.17. The molecule has 0 radical (unpaired) electrons. The minimum Gasteiger partial charge on any atom is -0.493 e. The molecule has 2 atom stereocenters. The zero-order valence-electron chi connectivity index (χ0n) is 15.8. The van der Waals surface area contributed by atoms with Crippen LogP contribution in [-0.4, -0.2) is 52.7 Å². The quantitative estimate of drug-likeness (QED) is 0.777. The summed E-state index contributed by atoms with van der Waals surface area (Å²) in [6.07, 6.45) is 0.000777. The molecule has 1 N–H and O–H groups in total. The Morgan fingerprint density at radius 2 is 1.85 bits per heavy atom. The second kappa shape index (κ2) is 8.75. The van der Waals surface area contributed by atoms with Crippen molar-refractivity contribution in [3.8, 4) is 11.5 Å². The minimum atomic E-state index is -0.454. The average molecular weight is 366 g/mol. The zero-order chi connectivity index (χ0) is 19.3. The van der Waals surface area contributed by atoms with Gasteiger partial charge in [-0.05, 0) is 31.9 Å². The van der Waals surface area contributed by atoms with E-state index in [2.05, 4.69) is 5.32 Å². The number of ether oxygens (including phenoxy) is 4. The number of amides is 2. The van der Waals surface area contributed by atoms with Crippen molar-refractivity contribution >= 4 is 17.7 Å². The Bertz CT molecular complexity index is 663. The number of carbonyl (C=O) groups is 2. The summed E-state index contributed by atoms with van der Waals surface area (Å²) >= 11 is 0. The van der Waals surface area contributed by atoms with E-state index in [1.807, 2.05) is 6.92 Å². The van der Waals surface area contributed by atoms with Crippen LogP contribution in [0, 0.1) is 0 Å². The molecule has 0 aliphatic carbocycles. The number of methoxy groups -OCH3 is 3. The van der Waals surface area contributed by atoms with E-state index in [0.717, 1.165) is 0 Å². The lowest BCUT2D eigenvalue weighted by atomic mass is 9.85. The van der Waals surface area contributed by atoms with Crippen molar-refractivity contribution in [2.45, 2.75) is 32.2 Å². The van der Waals surface area contributed by atoms with Gasteiger partial charge in [0.25, 0.3) is 0 Å². The third-order valence-corrected chi connectivity index (χ3v) is 4.36. The number of carbonyl (C=O) groups excluding carboxylic acids is 2. The van der Waals surface area contributed by atoms with E-state index in [9.17, 15) is 9.59 Å². The molecule has 26 heavy (non-hydrogen) atoms. The Hall–Kier alpha value is -2.48. The first-order valence-corrected chi connectivity index (χ1v) is 8.46. The largest absolute Gasteiger partial charge is 0.493 e. The number of nitrogens with zero attached hydrogens (tertiary/aromatic N) is 1. The summed E-state index contributed by atoms with van der Waals surface area (Å²) in [5, 5.41) is 2.73. The highest BCUT2D eigenvalue weighted by Crippen LogP contribution is 2.44. The van der Waals surface area contributed by atoms with Crippen LogP contribution in [0.2, 0.25) is 0 Å². The third-order valence-electron chi connectivity index (χ3n) is 4.36. The molecule has 1 aromatic carbocycles. The second-order valence-electron chi connectivity index (χ2n) is 5.95. The van der Waals surface area contributed by atoms with Gasteiger partial charge in [0.05, 0.1) is 32.4 Å². The predicted molar refractivity (Wildman–Crippen MR) is 95.9 cm³/mol. The number of anilines is 1. The highest BCUT2D eigenvalue weighted by atomic mass is 16.6. The Balaban J connectivity index is 2.54. The van der Waals surface area contributed by atoms with Crippen LogP contribution in [-0.2, 0) is 14.3 Å². The second-order valence-corrected chi connectivity index (χ2v) is 5.95. The Morgan fingerprint density at radius 3 is 2.42 bits per heavy atom. The molecule has 2 unspecified atom stereocenters.